The Balaban J connectivity index is 2.69. The first-order chi connectivity index (χ1) is 7.95. The lowest BCUT2D eigenvalue weighted by atomic mass is 10.00. The Morgan fingerprint density at radius 1 is 1.29 bits per heavy atom. The maximum atomic E-state index is 9.07. The monoisotopic (exact) mass is 256 g/mol. The van der Waals surface area contributed by atoms with Crippen LogP contribution in [0.2, 0.25) is 0 Å². The quantitative estimate of drug-likeness (QED) is 0.822. The minimum atomic E-state index is 0.234. The Morgan fingerprint density at radius 3 is 2.35 bits per heavy atom. The fraction of sp³-hybridized carbons (Fsp3) is 0.769. The third-order valence-corrected chi connectivity index (χ3v) is 3.96. The second-order valence-corrected chi connectivity index (χ2v) is 6.33. The van der Waals surface area contributed by atoms with Crippen molar-refractivity contribution in [2.24, 2.45) is 5.92 Å². The Hall–Kier alpha value is -0.450. The summed E-state index contributed by atoms with van der Waals surface area (Å²) in [6, 6.07) is 0.593. The van der Waals surface area contributed by atoms with Crippen molar-refractivity contribution in [2.75, 3.05) is 6.61 Å². The normalized spacial score (nSPS) is 15.2. The topological polar surface area (TPSA) is 45.2 Å². The van der Waals surface area contributed by atoms with Gasteiger partial charge in [0.2, 0.25) is 0 Å². The number of aromatic nitrogens is 1. The first kappa shape index (κ1) is 14.6. The van der Waals surface area contributed by atoms with E-state index in [1.807, 2.05) is 6.92 Å². The first-order valence-electron chi connectivity index (χ1n) is 6.26. The van der Waals surface area contributed by atoms with E-state index in [1.54, 1.807) is 11.3 Å². The van der Waals surface area contributed by atoms with Crippen LogP contribution >= 0.6 is 11.3 Å². The van der Waals surface area contributed by atoms with Gasteiger partial charge in [-0.15, -0.1) is 11.3 Å². The highest BCUT2D eigenvalue weighted by atomic mass is 32.1. The number of hydrogen-bond acceptors (Lipinski definition) is 4. The van der Waals surface area contributed by atoms with Gasteiger partial charge in [0.15, 0.2) is 0 Å². The van der Waals surface area contributed by atoms with Crippen molar-refractivity contribution in [1.82, 2.24) is 10.3 Å². The zero-order valence-electron chi connectivity index (χ0n) is 11.4. The van der Waals surface area contributed by atoms with E-state index in [1.165, 1.54) is 4.88 Å². The highest BCUT2D eigenvalue weighted by Gasteiger charge is 2.19. The van der Waals surface area contributed by atoms with Gasteiger partial charge in [0.25, 0.3) is 0 Å². The summed E-state index contributed by atoms with van der Waals surface area (Å²) in [6.45, 7) is 10.9. The van der Waals surface area contributed by atoms with Crippen LogP contribution in [-0.2, 0) is 0 Å². The van der Waals surface area contributed by atoms with E-state index >= 15 is 0 Å². The molecule has 1 aromatic heterocycles. The van der Waals surface area contributed by atoms with Crippen molar-refractivity contribution in [3.63, 3.8) is 0 Å². The molecule has 0 saturated carbocycles. The van der Waals surface area contributed by atoms with E-state index in [4.69, 9.17) is 5.11 Å². The fourth-order valence-electron chi connectivity index (χ4n) is 2.09. The zero-order valence-corrected chi connectivity index (χ0v) is 12.3. The average Bonchev–Trinajstić information content (AvgIpc) is 2.57. The van der Waals surface area contributed by atoms with Crippen LogP contribution in [0, 0.1) is 19.8 Å². The molecule has 0 bridgehead atoms. The Morgan fingerprint density at radius 2 is 1.94 bits per heavy atom. The van der Waals surface area contributed by atoms with Crippen molar-refractivity contribution in [3.8, 4) is 0 Å². The molecule has 0 fully saturated rings. The summed E-state index contributed by atoms with van der Waals surface area (Å²) < 4.78 is 0. The third-order valence-electron chi connectivity index (χ3n) is 3.06. The molecule has 0 aromatic carbocycles. The van der Waals surface area contributed by atoms with Crippen molar-refractivity contribution >= 4 is 11.3 Å². The van der Waals surface area contributed by atoms with Crippen LogP contribution in [0.15, 0.2) is 0 Å². The molecule has 98 valence electrons. The van der Waals surface area contributed by atoms with Gasteiger partial charge in [0.05, 0.1) is 10.7 Å². The first-order valence-corrected chi connectivity index (χ1v) is 7.08. The lowest BCUT2D eigenvalue weighted by Crippen LogP contribution is -2.36. The van der Waals surface area contributed by atoms with Gasteiger partial charge < -0.3 is 10.4 Å². The van der Waals surface area contributed by atoms with Gasteiger partial charge in [-0.1, -0.05) is 13.8 Å². The molecule has 1 aromatic rings. The van der Waals surface area contributed by atoms with Crippen LogP contribution in [0.5, 0.6) is 0 Å². The second kappa shape index (κ2) is 6.47. The van der Waals surface area contributed by atoms with Crippen LogP contribution in [-0.4, -0.2) is 22.7 Å². The maximum Gasteiger partial charge on any atom is 0.0900 e. The summed E-state index contributed by atoms with van der Waals surface area (Å²) in [5, 5.41) is 13.8. The predicted molar refractivity (Wildman–Crippen MR) is 73.5 cm³/mol. The summed E-state index contributed by atoms with van der Waals surface area (Å²) in [5.74, 6) is 0.518. The number of aliphatic hydroxyl groups excluding tert-OH is 1. The van der Waals surface area contributed by atoms with E-state index in [2.05, 4.69) is 38.0 Å². The Kier molecular flexibility index (Phi) is 5.56. The smallest absolute Gasteiger partial charge is 0.0900 e. The van der Waals surface area contributed by atoms with E-state index in [-0.39, 0.29) is 12.6 Å². The molecule has 0 aliphatic carbocycles. The summed E-state index contributed by atoms with van der Waals surface area (Å²) in [7, 11) is 0. The van der Waals surface area contributed by atoms with Gasteiger partial charge >= 0.3 is 0 Å². The molecule has 2 atom stereocenters. The highest BCUT2D eigenvalue weighted by Crippen LogP contribution is 2.23. The van der Waals surface area contributed by atoms with E-state index < -0.39 is 0 Å². The van der Waals surface area contributed by atoms with E-state index in [9.17, 15) is 0 Å². The summed E-state index contributed by atoms with van der Waals surface area (Å²) in [4.78, 5) is 5.86. The van der Waals surface area contributed by atoms with E-state index in [0.717, 1.165) is 17.1 Å². The second-order valence-electron chi connectivity index (χ2n) is 4.93. The molecule has 1 rings (SSSR count). The van der Waals surface area contributed by atoms with E-state index in [0.29, 0.717) is 12.0 Å². The molecule has 2 N–H and O–H groups in total. The molecule has 0 radical (unpaired) electrons. The summed E-state index contributed by atoms with van der Waals surface area (Å²) in [5.41, 5.74) is 1.15. The fourth-order valence-corrected chi connectivity index (χ4v) is 3.01. The average molecular weight is 256 g/mol. The number of thiazole rings is 1. The summed E-state index contributed by atoms with van der Waals surface area (Å²) in [6.07, 6.45) is 0.796. The molecule has 4 heteroatoms. The Bertz CT molecular complexity index is 349. The van der Waals surface area contributed by atoms with Crippen LogP contribution in [0.1, 0.15) is 48.8 Å². The standard InChI is InChI=1S/C13H24N2OS/c1-8(2)12(6-7-16)14-9(3)13-10(4)17-11(5)15-13/h8-9,12,14,16H,6-7H2,1-5H3. The Labute approximate surface area is 108 Å². The van der Waals surface area contributed by atoms with Crippen LogP contribution in [0.4, 0.5) is 0 Å². The number of nitrogens with zero attached hydrogens (tertiary/aromatic N) is 1. The molecule has 2 unspecified atom stereocenters. The van der Waals surface area contributed by atoms with Crippen molar-refractivity contribution in [2.45, 2.75) is 53.1 Å². The van der Waals surface area contributed by atoms with Gasteiger partial charge in [-0.05, 0) is 33.1 Å². The minimum absolute atomic E-state index is 0.234. The van der Waals surface area contributed by atoms with Gasteiger partial charge in [-0.2, -0.15) is 0 Å². The number of nitrogens with one attached hydrogen (secondary N) is 1. The van der Waals surface area contributed by atoms with Crippen molar-refractivity contribution < 1.29 is 5.11 Å². The lowest BCUT2D eigenvalue weighted by Gasteiger charge is -2.25. The molecule has 0 aliphatic heterocycles. The predicted octanol–water partition coefficient (Wildman–Crippen LogP) is 2.82. The largest absolute Gasteiger partial charge is 0.396 e. The molecule has 17 heavy (non-hydrogen) atoms. The molecular weight excluding hydrogens is 232 g/mol. The van der Waals surface area contributed by atoms with Crippen LogP contribution < -0.4 is 5.32 Å². The zero-order chi connectivity index (χ0) is 13.0. The minimum Gasteiger partial charge on any atom is -0.396 e. The van der Waals surface area contributed by atoms with Gasteiger partial charge in [-0.25, -0.2) is 4.98 Å². The molecular formula is C13H24N2OS. The number of rotatable bonds is 6. The number of aliphatic hydroxyl groups is 1. The van der Waals surface area contributed by atoms with Crippen LogP contribution in [0.3, 0.4) is 0 Å². The number of aryl methyl sites for hydroxylation is 2. The molecule has 3 nitrogen and oxygen atoms in total. The highest BCUT2D eigenvalue weighted by molar-refractivity contribution is 7.11. The van der Waals surface area contributed by atoms with Crippen molar-refractivity contribution in [1.29, 1.82) is 0 Å². The molecule has 0 saturated heterocycles. The van der Waals surface area contributed by atoms with Gasteiger partial charge in [0, 0.05) is 23.6 Å². The third kappa shape index (κ3) is 4.05. The van der Waals surface area contributed by atoms with Gasteiger partial charge in [0.1, 0.15) is 0 Å². The van der Waals surface area contributed by atoms with Crippen molar-refractivity contribution in [3.05, 3.63) is 15.6 Å². The molecule has 1 heterocycles. The lowest BCUT2D eigenvalue weighted by molar-refractivity contribution is 0.236. The molecule has 0 aliphatic rings. The summed E-state index contributed by atoms with van der Waals surface area (Å²) >= 11 is 1.75. The number of hydrogen-bond donors (Lipinski definition) is 2. The SMILES string of the molecule is Cc1nc(C(C)NC(CCO)C(C)C)c(C)s1. The van der Waals surface area contributed by atoms with Crippen LogP contribution in [0.25, 0.3) is 0 Å². The molecule has 0 amide bonds. The van der Waals surface area contributed by atoms with Gasteiger partial charge in [-0.3, -0.25) is 0 Å². The maximum absolute atomic E-state index is 9.07. The molecule has 0 spiro atoms.